The van der Waals surface area contributed by atoms with Crippen molar-refractivity contribution in [2.24, 2.45) is 0 Å². The summed E-state index contributed by atoms with van der Waals surface area (Å²) in [5.74, 6) is 1.11. The molecule has 4 heterocycles. The summed E-state index contributed by atoms with van der Waals surface area (Å²) < 4.78 is 13.4. The molecular formula is C22H25ClFN7. The fourth-order valence-electron chi connectivity index (χ4n) is 4.43. The van der Waals surface area contributed by atoms with Gasteiger partial charge in [-0.05, 0) is 43.2 Å². The lowest BCUT2D eigenvalue weighted by Crippen LogP contribution is -2.52. The van der Waals surface area contributed by atoms with Gasteiger partial charge in [0.05, 0.1) is 10.4 Å². The Bertz CT molecular complexity index is 1060. The highest BCUT2D eigenvalue weighted by Gasteiger charge is 2.26. The van der Waals surface area contributed by atoms with Gasteiger partial charge in [-0.2, -0.15) is 0 Å². The van der Waals surface area contributed by atoms with Crippen LogP contribution in [0.25, 0.3) is 11.0 Å². The molecule has 0 saturated carbocycles. The van der Waals surface area contributed by atoms with E-state index in [1.165, 1.54) is 18.5 Å². The molecule has 2 aliphatic heterocycles. The molecule has 31 heavy (non-hydrogen) atoms. The summed E-state index contributed by atoms with van der Waals surface area (Å²) in [6, 6.07) is 9.18. The molecule has 0 bridgehead atoms. The number of aromatic nitrogens is 3. The van der Waals surface area contributed by atoms with Gasteiger partial charge in [0, 0.05) is 51.0 Å². The van der Waals surface area contributed by atoms with Crippen LogP contribution in [0.15, 0.2) is 36.7 Å². The van der Waals surface area contributed by atoms with Gasteiger partial charge in [0.15, 0.2) is 5.65 Å². The van der Waals surface area contributed by atoms with Crippen molar-refractivity contribution in [2.75, 3.05) is 49.5 Å². The minimum Gasteiger partial charge on any atom is -0.356 e. The van der Waals surface area contributed by atoms with Crippen molar-refractivity contribution < 1.29 is 4.39 Å². The molecule has 2 aliphatic rings. The lowest BCUT2D eigenvalue weighted by molar-refractivity contribution is 0.150. The molecule has 5 rings (SSSR count). The maximum absolute atomic E-state index is 13.4. The molecule has 1 aromatic carbocycles. The maximum Gasteiger partial charge on any atom is 0.166 e. The number of nitrogens with one attached hydrogen (secondary N) is 2. The molecule has 0 aliphatic carbocycles. The topological polar surface area (TPSA) is 69.2 Å². The molecular weight excluding hydrogens is 417 g/mol. The van der Waals surface area contributed by atoms with E-state index >= 15 is 0 Å². The van der Waals surface area contributed by atoms with Crippen molar-refractivity contribution >= 4 is 40.0 Å². The third-order valence-electron chi connectivity index (χ3n) is 6.12. The van der Waals surface area contributed by atoms with Crippen molar-refractivity contribution in [1.29, 1.82) is 0 Å². The number of pyridine rings is 1. The van der Waals surface area contributed by atoms with Gasteiger partial charge in [-0.15, -0.1) is 0 Å². The molecule has 0 unspecified atom stereocenters. The van der Waals surface area contributed by atoms with Crippen molar-refractivity contribution in [2.45, 2.75) is 18.9 Å². The van der Waals surface area contributed by atoms with Crippen molar-refractivity contribution in [3.05, 3.63) is 47.5 Å². The van der Waals surface area contributed by atoms with E-state index in [1.807, 2.05) is 12.1 Å². The van der Waals surface area contributed by atoms with Crippen molar-refractivity contribution in [3.63, 3.8) is 0 Å². The van der Waals surface area contributed by atoms with Gasteiger partial charge < -0.3 is 15.5 Å². The van der Waals surface area contributed by atoms with Gasteiger partial charge in [-0.3, -0.25) is 4.90 Å². The van der Waals surface area contributed by atoms with Crippen LogP contribution in [-0.2, 0) is 0 Å². The van der Waals surface area contributed by atoms with Crippen molar-refractivity contribution in [3.8, 4) is 0 Å². The fraction of sp³-hybridized carbons (Fsp3) is 0.409. The minimum atomic E-state index is -0.452. The predicted octanol–water partition coefficient (Wildman–Crippen LogP) is 3.43. The van der Waals surface area contributed by atoms with Crippen LogP contribution in [-0.4, -0.2) is 65.2 Å². The summed E-state index contributed by atoms with van der Waals surface area (Å²) in [6.07, 6.45) is 3.80. The summed E-state index contributed by atoms with van der Waals surface area (Å²) in [4.78, 5) is 18.5. The molecule has 0 atom stereocenters. The third-order valence-corrected chi connectivity index (χ3v) is 6.41. The molecule has 2 N–H and O–H groups in total. The molecule has 9 heteroatoms. The SMILES string of the molecule is Fc1ccc(Nc2ncnc3nc(N4CCC(N5CCNCC5)CC4)ccc23)cc1Cl. The normalized spacial score (nSPS) is 18.5. The second-order valence-corrected chi connectivity index (χ2v) is 8.43. The van der Waals surface area contributed by atoms with Crippen LogP contribution < -0.4 is 15.5 Å². The molecule has 3 aromatic rings. The summed E-state index contributed by atoms with van der Waals surface area (Å²) in [7, 11) is 0. The van der Waals surface area contributed by atoms with Gasteiger partial charge in [0.25, 0.3) is 0 Å². The molecule has 2 saturated heterocycles. The van der Waals surface area contributed by atoms with Gasteiger partial charge >= 0.3 is 0 Å². The van der Waals surface area contributed by atoms with Crippen LogP contribution in [0.4, 0.5) is 21.7 Å². The lowest BCUT2D eigenvalue weighted by atomic mass is 10.0. The van der Waals surface area contributed by atoms with Crippen LogP contribution in [0.2, 0.25) is 5.02 Å². The number of nitrogens with zero attached hydrogens (tertiary/aromatic N) is 5. The first-order chi connectivity index (χ1) is 15.2. The smallest absolute Gasteiger partial charge is 0.166 e. The predicted molar refractivity (Wildman–Crippen MR) is 122 cm³/mol. The summed E-state index contributed by atoms with van der Waals surface area (Å²) in [5.41, 5.74) is 1.29. The fourth-order valence-corrected chi connectivity index (χ4v) is 4.61. The third kappa shape index (κ3) is 4.42. The van der Waals surface area contributed by atoms with E-state index in [9.17, 15) is 4.39 Å². The zero-order valence-electron chi connectivity index (χ0n) is 17.2. The van der Waals surface area contributed by atoms with Crippen LogP contribution in [0.5, 0.6) is 0 Å². The van der Waals surface area contributed by atoms with Gasteiger partial charge in [-0.25, -0.2) is 19.3 Å². The van der Waals surface area contributed by atoms with E-state index in [0.29, 0.717) is 23.2 Å². The van der Waals surface area contributed by atoms with E-state index in [1.54, 1.807) is 6.07 Å². The van der Waals surface area contributed by atoms with Gasteiger partial charge in [-0.1, -0.05) is 11.6 Å². The molecule has 2 aromatic heterocycles. The molecule has 7 nitrogen and oxygen atoms in total. The minimum absolute atomic E-state index is 0.0630. The Kier molecular flexibility index (Phi) is 5.85. The average Bonchev–Trinajstić information content (AvgIpc) is 2.82. The van der Waals surface area contributed by atoms with Crippen LogP contribution in [0, 0.1) is 5.82 Å². The number of hydrogen-bond acceptors (Lipinski definition) is 7. The Hall–Kier alpha value is -2.55. The highest BCUT2D eigenvalue weighted by molar-refractivity contribution is 6.31. The van der Waals surface area contributed by atoms with E-state index < -0.39 is 5.82 Å². The first-order valence-electron chi connectivity index (χ1n) is 10.7. The summed E-state index contributed by atoms with van der Waals surface area (Å²) in [6.45, 7) is 6.46. The lowest BCUT2D eigenvalue weighted by Gasteiger charge is -2.40. The first kappa shape index (κ1) is 20.4. The summed E-state index contributed by atoms with van der Waals surface area (Å²) in [5, 5.41) is 7.49. The van der Waals surface area contributed by atoms with E-state index in [0.717, 1.165) is 63.3 Å². The Labute approximate surface area is 185 Å². The Morgan fingerprint density at radius 1 is 1.03 bits per heavy atom. The van der Waals surface area contributed by atoms with Gasteiger partial charge in [0.1, 0.15) is 23.8 Å². The number of hydrogen-bond donors (Lipinski definition) is 2. The van der Waals surface area contributed by atoms with Crippen molar-refractivity contribution in [1.82, 2.24) is 25.2 Å². The number of anilines is 3. The largest absolute Gasteiger partial charge is 0.356 e. The molecule has 162 valence electrons. The van der Waals surface area contributed by atoms with E-state index in [4.69, 9.17) is 16.6 Å². The number of halogens is 2. The van der Waals surface area contributed by atoms with Gasteiger partial charge in [0.2, 0.25) is 0 Å². The van der Waals surface area contributed by atoms with Crippen LogP contribution >= 0.6 is 11.6 Å². The zero-order valence-corrected chi connectivity index (χ0v) is 17.9. The van der Waals surface area contributed by atoms with Crippen LogP contribution in [0.3, 0.4) is 0 Å². The Morgan fingerprint density at radius 2 is 1.84 bits per heavy atom. The highest BCUT2D eigenvalue weighted by Crippen LogP contribution is 2.28. The number of rotatable bonds is 4. The summed E-state index contributed by atoms with van der Waals surface area (Å²) >= 11 is 5.89. The number of piperazine rings is 1. The van der Waals surface area contributed by atoms with E-state index in [-0.39, 0.29) is 5.02 Å². The second-order valence-electron chi connectivity index (χ2n) is 8.02. The average molecular weight is 442 g/mol. The number of benzene rings is 1. The zero-order chi connectivity index (χ0) is 21.2. The molecule has 2 fully saturated rings. The molecule has 0 spiro atoms. The standard InChI is InChI=1S/C22H25ClFN7/c23-18-13-15(1-3-19(18)24)28-21-17-2-4-20(29-22(17)27-14-26-21)31-9-5-16(6-10-31)30-11-7-25-8-12-30/h1-4,13-14,16,25H,5-12H2,(H,26,27,28,29). The van der Waals surface area contributed by atoms with E-state index in [2.05, 4.69) is 30.4 Å². The quantitative estimate of drug-likeness (QED) is 0.642. The van der Waals surface area contributed by atoms with Crippen LogP contribution in [0.1, 0.15) is 12.8 Å². The number of piperidine rings is 1. The Balaban J connectivity index is 1.31. The molecule has 0 amide bonds. The Morgan fingerprint density at radius 3 is 2.61 bits per heavy atom. The maximum atomic E-state index is 13.4. The first-order valence-corrected chi connectivity index (χ1v) is 11.1. The molecule has 0 radical (unpaired) electrons. The monoisotopic (exact) mass is 441 g/mol. The highest BCUT2D eigenvalue weighted by atomic mass is 35.5. The number of fused-ring (bicyclic) bond motifs is 1. The second kappa shape index (κ2) is 8.90.